The number of aryl methyl sites for hydroxylation is 1. The molecule has 1 fully saturated rings. The minimum absolute atomic E-state index is 0.000723. The number of likely N-dealkylation sites (N-methyl/N-ethyl adjacent to an activating group) is 1. The van der Waals surface area contributed by atoms with E-state index in [1.807, 2.05) is 20.4 Å². The van der Waals surface area contributed by atoms with Gasteiger partial charge in [-0.25, -0.2) is 4.98 Å². The lowest BCUT2D eigenvalue weighted by molar-refractivity contribution is -0.0342. The Bertz CT molecular complexity index is 369. The van der Waals surface area contributed by atoms with E-state index in [0.29, 0.717) is 6.04 Å². The fourth-order valence-electron chi connectivity index (χ4n) is 3.22. The largest absolute Gasteiger partial charge is 0.377 e. The predicted molar refractivity (Wildman–Crippen MR) is 72.7 cm³/mol. The summed E-state index contributed by atoms with van der Waals surface area (Å²) in [6.07, 6.45) is 9.73. The van der Waals surface area contributed by atoms with Crippen LogP contribution in [0.3, 0.4) is 0 Å². The minimum Gasteiger partial charge on any atom is -0.377 e. The fourth-order valence-corrected chi connectivity index (χ4v) is 3.22. The van der Waals surface area contributed by atoms with Crippen molar-refractivity contribution in [3.8, 4) is 0 Å². The highest BCUT2D eigenvalue weighted by atomic mass is 16.5. The van der Waals surface area contributed by atoms with Crippen molar-refractivity contribution in [1.29, 1.82) is 0 Å². The molecule has 0 aliphatic heterocycles. The van der Waals surface area contributed by atoms with Crippen molar-refractivity contribution < 1.29 is 4.74 Å². The molecule has 1 aromatic heterocycles. The van der Waals surface area contributed by atoms with E-state index in [1.165, 1.54) is 12.8 Å². The molecule has 1 heterocycles. The normalized spacial score (nSPS) is 20.2. The van der Waals surface area contributed by atoms with Crippen LogP contribution in [-0.4, -0.2) is 35.4 Å². The van der Waals surface area contributed by atoms with E-state index in [-0.39, 0.29) is 5.60 Å². The number of aromatic nitrogens is 2. The smallest absolute Gasteiger partial charge is 0.110 e. The number of methoxy groups -OCH3 is 1. The first kappa shape index (κ1) is 13.6. The lowest BCUT2D eigenvalue weighted by Crippen LogP contribution is -2.50. The van der Waals surface area contributed by atoms with Crippen molar-refractivity contribution in [2.24, 2.45) is 0 Å². The highest BCUT2D eigenvalue weighted by molar-refractivity contribution is 5.03. The number of hydrogen-bond donors (Lipinski definition) is 1. The summed E-state index contributed by atoms with van der Waals surface area (Å²) in [5.74, 6) is 1.15. The van der Waals surface area contributed by atoms with E-state index < -0.39 is 0 Å². The van der Waals surface area contributed by atoms with Gasteiger partial charge in [-0.1, -0.05) is 12.8 Å². The first-order chi connectivity index (χ1) is 8.75. The van der Waals surface area contributed by atoms with E-state index in [4.69, 9.17) is 4.74 Å². The molecule has 18 heavy (non-hydrogen) atoms. The van der Waals surface area contributed by atoms with Crippen LogP contribution in [0.2, 0.25) is 0 Å². The molecule has 0 saturated heterocycles. The van der Waals surface area contributed by atoms with Gasteiger partial charge in [-0.15, -0.1) is 0 Å². The van der Waals surface area contributed by atoms with Crippen LogP contribution in [0.15, 0.2) is 12.4 Å². The molecule has 0 aromatic carbocycles. The van der Waals surface area contributed by atoms with Gasteiger partial charge in [-0.3, -0.25) is 0 Å². The van der Waals surface area contributed by atoms with Gasteiger partial charge in [-0.05, 0) is 26.8 Å². The molecule has 0 amide bonds. The Morgan fingerprint density at radius 1 is 1.50 bits per heavy atom. The molecule has 1 saturated carbocycles. The third kappa shape index (κ3) is 2.45. The summed E-state index contributed by atoms with van der Waals surface area (Å²) in [6, 6.07) is 0.345. The molecule has 1 N–H and O–H groups in total. The number of hydrogen-bond acceptors (Lipinski definition) is 3. The average molecular weight is 251 g/mol. The second kappa shape index (κ2) is 5.85. The SMILES string of the molecule is CCn1ccnc1CC(NC)C1(OC)CCCC1. The van der Waals surface area contributed by atoms with Gasteiger partial charge in [0.2, 0.25) is 0 Å². The standard InChI is InChI=1S/C14H25N3O/c1-4-17-10-9-16-13(17)11-12(15-2)14(18-3)7-5-6-8-14/h9-10,12,15H,4-8,11H2,1-3H3. The highest BCUT2D eigenvalue weighted by Gasteiger charge is 2.41. The van der Waals surface area contributed by atoms with Gasteiger partial charge in [-0.2, -0.15) is 0 Å². The molecular formula is C14H25N3O. The van der Waals surface area contributed by atoms with Crippen molar-refractivity contribution in [1.82, 2.24) is 14.9 Å². The molecule has 1 atom stereocenters. The Balaban J connectivity index is 2.13. The number of imidazole rings is 1. The quantitative estimate of drug-likeness (QED) is 0.840. The fraction of sp³-hybridized carbons (Fsp3) is 0.786. The first-order valence-electron chi connectivity index (χ1n) is 6.98. The van der Waals surface area contributed by atoms with Crippen LogP contribution in [0.1, 0.15) is 38.4 Å². The summed E-state index contributed by atoms with van der Waals surface area (Å²) in [5, 5.41) is 3.45. The van der Waals surface area contributed by atoms with E-state index in [2.05, 4.69) is 28.0 Å². The van der Waals surface area contributed by atoms with Gasteiger partial charge in [0.25, 0.3) is 0 Å². The molecule has 0 bridgehead atoms. The van der Waals surface area contributed by atoms with Gasteiger partial charge in [0.05, 0.1) is 5.60 Å². The predicted octanol–water partition coefficient (Wildman–Crippen LogP) is 1.99. The van der Waals surface area contributed by atoms with Crippen LogP contribution in [0.25, 0.3) is 0 Å². The van der Waals surface area contributed by atoms with Crippen molar-refractivity contribution in [3.63, 3.8) is 0 Å². The summed E-state index contributed by atoms with van der Waals surface area (Å²) in [6.45, 7) is 3.13. The molecule has 2 rings (SSSR count). The monoisotopic (exact) mass is 251 g/mol. The third-order valence-corrected chi connectivity index (χ3v) is 4.37. The van der Waals surface area contributed by atoms with E-state index in [0.717, 1.165) is 31.6 Å². The van der Waals surface area contributed by atoms with Crippen LogP contribution in [0.5, 0.6) is 0 Å². The first-order valence-corrected chi connectivity index (χ1v) is 6.98. The van der Waals surface area contributed by atoms with Crippen LogP contribution in [-0.2, 0) is 17.7 Å². The number of rotatable bonds is 6. The zero-order valence-corrected chi connectivity index (χ0v) is 11.8. The van der Waals surface area contributed by atoms with Crippen molar-refractivity contribution in [2.75, 3.05) is 14.2 Å². The summed E-state index contributed by atoms with van der Waals surface area (Å²) < 4.78 is 8.09. The van der Waals surface area contributed by atoms with Crippen molar-refractivity contribution in [3.05, 3.63) is 18.2 Å². The maximum atomic E-state index is 5.87. The van der Waals surface area contributed by atoms with Crippen molar-refractivity contribution in [2.45, 2.75) is 57.2 Å². The summed E-state index contributed by atoms with van der Waals surface area (Å²) >= 11 is 0. The molecule has 0 spiro atoms. The van der Waals surface area contributed by atoms with Crippen LogP contribution in [0, 0.1) is 0 Å². The average Bonchev–Trinajstić information content (AvgIpc) is 3.05. The second-order valence-electron chi connectivity index (χ2n) is 5.15. The van der Waals surface area contributed by atoms with Crippen molar-refractivity contribution >= 4 is 0 Å². The molecule has 4 nitrogen and oxygen atoms in total. The van der Waals surface area contributed by atoms with E-state index in [9.17, 15) is 0 Å². The van der Waals surface area contributed by atoms with Gasteiger partial charge in [0.15, 0.2) is 0 Å². The van der Waals surface area contributed by atoms with Gasteiger partial charge in [0.1, 0.15) is 5.82 Å². The Morgan fingerprint density at radius 3 is 2.78 bits per heavy atom. The van der Waals surface area contributed by atoms with E-state index >= 15 is 0 Å². The Hall–Kier alpha value is -0.870. The van der Waals surface area contributed by atoms with Gasteiger partial charge >= 0.3 is 0 Å². The van der Waals surface area contributed by atoms with Crippen LogP contribution in [0.4, 0.5) is 0 Å². The second-order valence-corrected chi connectivity index (χ2v) is 5.15. The highest BCUT2D eigenvalue weighted by Crippen LogP contribution is 2.36. The molecule has 102 valence electrons. The maximum absolute atomic E-state index is 5.87. The molecule has 1 unspecified atom stereocenters. The van der Waals surface area contributed by atoms with Crippen LogP contribution >= 0.6 is 0 Å². The molecular weight excluding hydrogens is 226 g/mol. The zero-order chi connectivity index (χ0) is 13.0. The molecule has 1 aromatic rings. The Morgan fingerprint density at radius 2 is 2.22 bits per heavy atom. The lowest BCUT2D eigenvalue weighted by atomic mass is 9.89. The van der Waals surface area contributed by atoms with Gasteiger partial charge < -0.3 is 14.6 Å². The maximum Gasteiger partial charge on any atom is 0.110 e. The summed E-state index contributed by atoms with van der Waals surface area (Å²) in [5.41, 5.74) is -0.000723. The Kier molecular flexibility index (Phi) is 4.40. The number of nitrogens with zero attached hydrogens (tertiary/aromatic N) is 2. The van der Waals surface area contributed by atoms with E-state index in [1.54, 1.807) is 0 Å². The minimum atomic E-state index is -0.000723. The topological polar surface area (TPSA) is 39.1 Å². The summed E-state index contributed by atoms with van der Waals surface area (Å²) in [7, 11) is 3.88. The molecule has 1 aliphatic carbocycles. The molecule has 1 aliphatic rings. The lowest BCUT2D eigenvalue weighted by Gasteiger charge is -2.36. The third-order valence-electron chi connectivity index (χ3n) is 4.37. The zero-order valence-electron chi connectivity index (χ0n) is 11.8. The molecule has 4 heteroatoms. The summed E-state index contributed by atoms with van der Waals surface area (Å²) in [4.78, 5) is 4.48. The molecule has 0 radical (unpaired) electrons. The van der Waals surface area contributed by atoms with Gasteiger partial charge in [0, 0.05) is 38.5 Å². The number of ether oxygens (including phenoxy) is 1. The number of nitrogens with one attached hydrogen (secondary N) is 1. The van der Waals surface area contributed by atoms with Crippen LogP contribution < -0.4 is 5.32 Å². The Labute approximate surface area is 110 Å².